The lowest BCUT2D eigenvalue weighted by Gasteiger charge is -2.25. The number of aromatic nitrogens is 2. The van der Waals surface area contributed by atoms with Crippen molar-refractivity contribution in [2.45, 2.75) is 19.4 Å². The summed E-state index contributed by atoms with van der Waals surface area (Å²) in [6.45, 7) is 2.76. The van der Waals surface area contributed by atoms with E-state index in [-0.39, 0.29) is 18.6 Å². The molecule has 1 aliphatic rings. The molecule has 0 saturated carbocycles. The van der Waals surface area contributed by atoms with E-state index in [9.17, 15) is 9.90 Å². The lowest BCUT2D eigenvalue weighted by atomic mass is 10.0. The average molecular weight is 285 g/mol. The number of rotatable bonds is 3. The molecular formula is C16H19N3O2. The predicted octanol–water partition coefficient (Wildman–Crippen LogP) is 1.72. The highest BCUT2D eigenvalue weighted by Crippen LogP contribution is 2.25. The van der Waals surface area contributed by atoms with Crippen LogP contribution < -0.4 is 0 Å². The molecule has 21 heavy (non-hydrogen) atoms. The van der Waals surface area contributed by atoms with Crippen LogP contribution in [0.25, 0.3) is 5.69 Å². The Hall–Kier alpha value is -2.14. The average Bonchev–Trinajstić information content (AvgIpc) is 3.13. The van der Waals surface area contributed by atoms with Gasteiger partial charge in [-0.2, -0.15) is 0 Å². The number of likely N-dealkylation sites (tertiary alicyclic amines) is 1. The lowest BCUT2D eigenvalue weighted by molar-refractivity contribution is 0.0640. The molecule has 1 saturated heterocycles. The van der Waals surface area contributed by atoms with Gasteiger partial charge in [-0.25, -0.2) is 4.98 Å². The molecule has 5 nitrogen and oxygen atoms in total. The van der Waals surface area contributed by atoms with E-state index in [0.717, 1.165) is 12.1 Å². The third-order valence-electron chi connectivity index (χ3n) is 4.22. The molecule has 0 spiro atoms. The summed E-state index contributed by atoms with van der Waals surface area (Å²) in [6, 6.07) is 9.57. The maximum absolute atomic E-state index is 12.8. The van der Waals surface area contributed by atoms with E-state index < -0.39 is 0 Å². The summed E-state index contributed by atoms with van der Waals surface area (Å²) in [7, 11) is 0. The van der Waals surface area contributed by atoms with Gasteiger partial charge in [0, 0.05) is 12.2 Å². The van der Waals surface area contributed by atoms with E-state index in [1.807, 2.05) is 30.3 Å². The lowest BCUT2D eigenvalue weighted by Crippen LogP contribution is -2.40. The third-order valence-corrected chi connectivity index (χ3v) is 4.22. The Morgan fingerprint density at radius 3 is 2.86 bits per heavy atom. The number of aliphatic hydroxyl groups excluding tert-OH is 1. The minimum Gasteiger partial charge on any atom is -0.394 e. The van der Waals surface area contributed by atoms with E-state index in [1.54, 1.807) is 22.0 Å². The number of benzene rings is 1. The molecule has 0 aliphatic carbocycles. The molecule has 3 rings (SSSR count). The van der Waals surface area contributed by atoms with Crippen molar-refractivity contribution in [1.29, 1.82) is 0 Å². The third kappa shape index (κ3) is 2.45. The fraction of sp³-hybridized carbons (Fsp3) is 0.375. The first-order valence-corrected chi connectivity index (χ1v) is 7.22. The zero-order chi connectivity index (χ0) is 14.8. The maximum atomic E-state index is 12.8. The highest BCUT2D eigenvalue weighted by Gasteiger charge is 2.35. The number of hydrogen-bond acceptors (Lipinski definition) is 3. The number of aliphatic hydroxyl groups is 1. The fourth-order valence-electron chi connectivity index (χ4n) is 2.93. The van der Waals surface area contributed by atoms with Crippen LogP contribution in [-0.2, 0) is 0 Å². The van der Waals surface area contributed by atoms with Crippen LogP contribution in [0.15, 0.2) is 42.9 Å². The van der Waals surface area contributed by atoms with E-state index in [0.29, 0.717) is 18.2 Å². The van der Waals surface area contributed by atoms with Gasteiger partial charge in [-0.1, -0.05) is 25.1 Å². The molecule has 1 N–H and O–H groups in total. The maximum Gasteiger partial charge on any atom is 0.272 e. The van der Waals surface area contributed by atoms with Gasteiger partial charge in [0.05, 0.1) is 25.2 Å². The number of hydrogen-bond donors (Lipinski definition) is 1. The number of amides is 1. The molecule has 1 aromatic carbocycles. The molecular weight excluding hydrogens is 266 g/mol. The molecule has 110 valence electrons. The van der Waals surface area contributed by atoms with Crippen LogP contribution in [0.2, 0.25) is 0 Å². The van der Waals surface area contributed by atoms with Crippen LogP contribution in [0.1, 0.15) is 23.8 Å². The van der Waals surface area contributed by atoms with Crippen LogP contribution in [0.3, 0.4) is 0 Å². The van der Waals surface area contributed by atoms with Gasteiger partial charge in [0.1, 0.15) is 5.69 Å². The normalized spacial score (nSPS) is 21.7. The van der Waals surface area contributed by atoms with Gasteiger partial charge in [0.2, 0.25) is 0 Å². The second kappa shape index (κ2) is 5.69. The van der Waals surface area contributed by atoms with Gasteiger partial charge in [-0.05, 0) is 24.5 Å². The Morgan fingerprint density at radius 1 is 1.38 bits per heavy atom. The van der Waals surface area contributed by atoms with Gasteiger partial charge < -0.3 is 10.0 Å². The number of carbonyl (C=O) groups is 1. The molecule has 2 atom stereocenters. The summed E-state index contributed by atoms with van der Waals surface area (Å²) in [5, 5.41) is 9.52. The number of carbonyl (C=O) groups excluding carboxylic acids is 1. The molecule has 2 heterocycles. The van der Waals surface area contributed by atoms with Crippen LogP contribution in [0, 0.1) is 5.92 Å². The fourth-order valence-corrected chi connectivity index (χ4v) is 2.93. The molecule has 1 fully saturated rings. The Kier molecular flexibility index (Phi) is 3.75. The van der Waals surface area contributed by atoms with Gasteiger partial charge in [0.25, 0.3) is 5.91 Å². The molecule has 0 radical (unpaired) electrons. The van der Waals surface area contributed by atoms with Crippen LogP contribution in [0.4, 0.5) is 0 Å². The van der Waals surface area contributed by atoms with Crippen LogP contribution in [-0.4, -0.2) is 44.7 Å². The van der Waals surface area contributed by atoms with Crippen molar-refractivity contribution in [3.63, 3.8) is 0 Å². The van der Waals surface area contributed by atoms with Gasteiger partial charge in [-0.3, -0.25) is 9.36 Å². The Morgan fingerprint density at radius 2 is 2.14 bits per heavy atom. The first kappa shape index (κ1) is 13.8. The minimum absolute atomic E-state index is 0.00633. The largest absolute Gasteiger partial charge is 0.394 e. The standard InChI is InChI=1S/C16H19N3O2/c1-12-7-8-18(15(12)10-20)16(21)14-9-17-11-19(14)13-5-3-2-4-6-13/h2-6,9,11-12,15,20H,7-8,10H2,1H3. The second-order valence-corrected chi connectivity index (χ2v) is 5.50. The van der Waals surface area contributed by atoms with Gasteiger partial charge >= 0.3 is 0 Å². The monoisotopic (exact) mass is 285 g/mol. The molecule has 2 aromatic rings. The van der Waals surface area contributed by atoms with Crippen molar-refractivity contribution >= 4 is 5.91 Å². The minimum atomic E-state index is -0.100. The van der Waals surface area contributed by atoms with Crippen molar-refractivity contribution < 1.29 is 9.90 Å². The SMILES string of the molecule is CC1CCN(C(=O)c2cncn2-c2ccccc2)C1CO. The molecule has 2 unspecified atom stereocenters. The number of para-hydroxylation sites is 1. The Balaban J connectivity index is 1.92. The van der Waals surface area contributed by atoms with E-state index in [2.05, 4.69) is 11.9 Å². The van der Waals surface area contributed by atoms with Crippen molar-refractivity contribution in [2.75, 3.05) is 13.2 Å². The van der Waals surface area contributed by atoms with Gasteiger partial charge in [-0.15, -0.1) is 0 Å². The molecule has 1 aliphatic heterocycles. The predicted molar refractivity (Wildman–Crippen MR) is 79.3 cm³/mol. The summed E-state index contributed by atoms with van der Waals surface area (Å²) in [5.41, 5.74) is 1.44. The zero-order valence-electron chi connectivity index (χ0n) is 12.0. The zero-order valence-corrected chi connectivity index (χ0v) is 12.0. The number of imidazole rings is 1. The summed E-state index contributed by atoms with van der Waals surface area (Å²) < 4.78 is 1.79. The van der Waals surface area contributed by atoms with Crippen molar-refractivity contribution in [3.8, 4) is 5.69 Å². The summed E-state index contributed by atoms with van der Waals surface area (Å²) >= 11 is 0. The molecule has 5 heteroatoms. The van der Waals surface area contributed by atoms with Crippen molar-refractivity contribution in [3.05, 3.63) is 48.5 Å². The number of nitrogens with zero attached hydrogens (tertiary/aromatic N) is 3. The van der Waals surface area contributed by atoms with Crippen LogP contribution >= 0.6 is 0 Å². The topological polar surface area (TPSA) is 58.4 Å². The smallest absolute Gasteiger partial charge is 0.272 e. The van der Waals surface area contributed by atoms with Crippen molar-refractivity contribution in [2.24, 2.45) is 5.92 Å². The summed E-state index contributed by atoms with van der Waals surface area (Å²) in [5.74, 6) is 0.256. The molecule has 1 aromatic heterocycles. The summed E-state index contributed by atoms with van der Waals surface area (Å²) in [6.07, 6.45) is 4.17. The summed E-state index contributed by atoms with van der Waals surface area (Å²) in [4.78, 5) is 18.6. The first-order valence-electron chi connectivity index (χ1n) is 7.22. The second-order valence-electron chi connectivity index (χ2n) is 5.50. The quantitative estimate of drug-likeness (QED) is 0.934. The Bertz CT molecular complexity index is 623. The highest BCUT2D eigenvalue weighted by molar-refractivity contribution is 5.93. The van der Waals surface area contributed by atoms with E-state index in [4.69, 9.17) is 0 Å². The molecule has 0 bridgehead atoms. The molecule has 1 amide bonds. The van der Waals surface area contributed by atoms with E-state index >= 15 is 0 Å². The highest BCUT2D eigenvalue weighted by atomic mass is 16.3. The van der Waals surface area contributed by atoms with Crippen LogP contribution in [0.5, 0.6) is 0 Å². The van der Waals surface area contributed by atoms with Crippen molar-refractivity contribution in [1.82, 2.24) is 14.5 Å². The van der Waals surface area contributed by atoms with E-state index in [1.165, 1.54) is 0 Å². The van der Waals surface area contributed by atoms with Gasteiger partial charge in [0.15, 0.2) is 0 Å². The first-order chi connectivity index (χ1) is 10.2. The Labute approximate surface area is 123 Å².